The normalized spacial score (nSPS) is 9.94. The zero-order chi connectivity index (χ0) is 10.3. The van der Waals surface area contributed by atoms with Gasteiger partial charge in [-0.1, -0.05) is 23.4 Å². The van der Waals surface area contributed by atoms with E-state index < -0.39 is 0 Å². The van der Waals surface area contributed by atoms with Crippen molar-refractivity contribution in [3.63, 3.8) is 0 Å². The Labute approximate surface area is 106 Å². The Balaban J connectivity index is 0.000000963. The number of benzene rings is 1. The molecule has 0 aliphatic rings. The topological polar surface area (TPSA) is 21.7 Å². The molecule has 16 heavy (non-hydrogen) atoms. The zero-order valence-corrected chi connectivity index (χ0v) is 10.5. The first kappa shape index (κ1) is 10.8. The first-order valence-electron chi connectivity index (χ1n) is 4.54. The summed E-state index contributed by atoms with van der Waals surface area (Å²) in [6.07, 6.45) is 3.45. The van der Waals surface area contributed by atoms with E-state index >= 15 is 0 Å². The van der Waals surface area contributed by atoms with E-state index in [4.69, 9.17) is 6.57 Å². The summed E-state index contributed by atoms with van der Waals surface area (Å²) in [5, 5.41) is 2.04. The summed E-state index contributed by atoms with van der Waals surface area (Å²) in [6.45, 7) is 7.00. The van der Waals surface area contributed by atoms with Crippen LogP contribution in [-0.2, 0) is 20.1 Å². The quantitative estimate of drug-likeness (QED) is 0.547. The molecule has 0 saturated heterocycles. The first-order chi connectivity index (χ1) is 7.40. The van der Waals surface area contributed by atoms with Gasteiger partial charge in [0.05, 0.1) is 6.20 Å². The Kier molecular flexibility index (Phi) is 2.74. The fourth-order valence-electron chi connectivity index (χ4n) is 1.70. The van der Waals surface area contributed by atoms with Crippen LogP contribution in [0.1, 0.15) is 0 Å². The van der Waals surface area contributed by atoms with Crippen LogP contribution in [0.2, 0.25) is 0 Å². The number of nitrogens with zero attached hydrogens (tertiary/aromatic N) is 3. The first-order valence-corrected chi connectivity index (χ1v) is 4.54. The van der Waals surface area contributed by atoms with E-state index in [-0.39, 0.29) is 20.1 Å². The Hall–Kier alpha value is -1.69. The molecule has 1 radical (unpaired) electrons. The van der Waals surface area contributed by atoms with Gasteiger partial charge in [0.2, 0.25) is 5.82 Å². The number of imidazole rings is 1. The Morgan fingerprint density at radius 1 is 1.38 bits per heavy atom. The van der Waals surface area contributed by atoms with Crippen molar-refractivity contribution in [2.75, 3.05) is 0 Å². The van der Waals surface area contributed by atoms with E-state index in [2.05, 4.69) is 15.9 Å². The molecule has 79 valence electrons. The second kappa shape index (κ2) is 4.05. The van der Waals surface area contributed by atoms with Gasteiger partial charge in [-0.3, -0.25) is 9.38 Å². The molecule has 3 rings (SSSR count). The van der Waals surface area contributed by atoms with Crippen LogP contribution < -0.4 is 0 Å². The second-order valence-electron chi connectivity index (χ2n) is 3.24. The number of rotatable bonds is 0. The van der Waals surface area contributed by atoms with Gasteiger partial charge in [0.15, 0.2) is 0 Å². The second-order valence-corrected chi connectivity index (χ2v) is 3.24. The SMILES string of the molecule is [C-]#[N+]c1cnc2c3[c-]cccc3ccn12.[Ir]. The maximum absolute atomic E-state index is 7.00. The molecule has 0 bridgehead atoms. The fraction of sp³-hybridized carbons (Fsp3) is 0. The van der Waals surface area contributed by atoms with Gasteiger partial charge < -0.3 is 4.85 Å². The van der Waals surface area contributed by atoms with E-state index in [1.807, 2.05) is 30.5 Å². The van der Waals surface area contributed by atoms with Crippen LogP contribution in [-0.4, -0.2) is 9.38 Å². The van der Waals surface area contributed by atoms with Crippen molar-refractivity contribution in [1.29, 1.82) is 0 Å². The smallest absolute Gasteiger partial charge is 0.245 e. The molecule has 3 nitrogen and oxygen atoms in total. The van der Waals surface area contributed by atoms with Gasteiger partial charge in [0.1, 0.15) is 5.65 Å². The van der Waals surface area contributed by atoms with Crippen molar-refractivity contribution in [3.05, 3.63) is 54.1 Å². The van der Waals surface area contributed by atoms with E-state index in [0.29, 0.717) is 5.82 Å². The van der Waals surface area contributed by atoms with Gasteiger partial charge in [0, 0.05) is 26.3 Å². The van der Waals surface area contributed by atoms with Crippen LogP contribution in [0, 0.1) is 12.6 Å². The van der Waals surface area contributed by atoms with Crippen molar-refractivity contribution in [2.24, 2.45) is 0 Å². The molecule has 0 fully saturated rings. The molecule has 1 aromatic carbocycles. The summed E-state index contributed by atoms with van der Waals surface area (Å²) in [7, 11) is 0. The molecule has 0 N–H and O–H groups in total. The van der Waals surface area contributed by atoms with Crippen LogP contribution in [0.5, 0.6) is 0 Å². The minimum absolute atomic E-state index is 0. The predicted molar refractivity (Wildman–Crippen MR) is 57.8 cm³/mol. The van der Waals surface area contributed by atoms with Crippen molar-refractivity contribution in [2.45, 2.75) is 0 Å². The van der Waals surface area contributed by atoms with Gasteiger partial charge >= 0.3 is 0 Å². The van der Waals surface area contributed by atoms with Crippen molar-refractivity contribution in [3.8, 4) is 0 Å². The molecule has 0 spiro atoms. The van der Waals surface area contributed by atoms with Gasteiger partial charge in [-0.25, -0.2) is 0 Å². The van der Waals surface area contributed by atoms with E-state index in [0.717, 1.165) is 16.4 Å². The number of aromatic nitrogens is 2. The molecule has 0 aliphatic heterocycles. The summed E-state index contributed by atoms with van der Waals surface area (Å²) >= 11 is 0. The third-order valence-corrected chi connectivity index (χ3v) is 2.41. The van der Waals surface area contributed by atoms with Crippen LogP contribution in [0.4, 0.5) is 5.82 Å². The molecule has 0 saturated carbocycles. The monoisotopic (exact) mass is 385 g/mol. The standard InChI is InChI=1S/C12H6N3.Ir/c1-13-11-8-14-12-10-5-3-2-4-9(10)6-7-15(11)12;/h2-4,6-8H;/q-1;. The minimum atomic E-state index is 0. The maximum Gasteiger partial charge on any atom is 0.245 e. The van der Waals surface area contributed by atoms with Crippen LogP contribution >= 0.6 is 0 Å². The molecular weight excluding hydrogens is 378 g/mol. The van der Waals surface area contributed by atoms with Gasteiger partial charge in [-0.15, -0.1) is 24.3 Å². The van der Waals surface area contributed by atoms with Gasteiger partial charge in [-0.2, -0.15) is 0 Å². The molecule has 2 heterocycles. The number of fused-ring (bicyclic) bond motifs is 3. The predicted octanol–water partition coefficient (Wildman–Crippen LogP) is 2.84. The van der Waals surface area contributed by atoms with Gasteiger partial charge in [-0.05, 0) is 0 Å². The number of hydrogen-bond acceptors (Lipinski definition) is 1. The largest absolute Gasteiger partial charge is 0.363 e. The average molecular weight is 384 g/mol. The number of hydrogen-bond donors (Lipinski definition) is 0. The van der Waals surface area contributed by atoms with Gasteiger partial charge in [0.25, 0.3) is 0 Å². The Morgan fingerprint density at radius 2 is 2.25 bits per heavy atom. The van der Waals surface area contributed by atoms with E-state index in [1.54, 1.807) is 10.6 Å². The molecule has 4 heteroatoms. The summed E-state index contributed by atoms with van der Waals surface area (Å²) in [4.78, 5) is 7.64. The minimum Gasteiger partial charge on any atom is -0.363 e. The molecular formula is C12H6IrN3-. The molecule has 0 aliphatic carbocycles. The van der Waals surface area contributed by atoms with E-state index in [9.17, 15) is 0 Å². The molecule has 0 amide bonds. The Bertz CT molecular complexity index is 694. The number of pyridine rings is 1. The fourth-order valence-corrected chi connectivity index (χ4v) is 1.70. The maximum atomic E-state index is 7.00. The third kappa shape index (κ3) is 1.42. The average Bonchev–Trinajstić information content (AvgIpc) is 2.72. The summed E-state index contributed by atoms with van der Waals surface area (Å²) < 4.78 is 1.78. The van der Waals surface area contributed by atoms with Crippen molar-refractivity contribution in [1.82, 2.24) is 9.38 Å². The van der Waals surface area contributed by atoms with Crippen LogP contribution in [0.3, 0.4) is 0 Å². The Morgan fingerprint density at radius 3 is 3.06 bits per heavy atom. The molecule has 3 aromatic rings. The molecule has 2 aromatic heterocycles. The van der Waals surface area contributed by atoms with Crippen molar-refractivity contribution < 1.29 is 20.1 Å². The molecule has 0 atom stereocenters. The molecule has 0 unspecified atom stereocenters. The zero-order valence-electron chi connectivity index (χ0n) is 8.14. The summed E-state index contributed by atoms with van der Waals surface area (Å²) in [5.41, 5.74) is 0.791. The van der Waals surface area contributed by atoms with Crippen LogP contribution in [0.25, 0.3) is 21.3 Å². The third-order valence-electron chi connectivity index (χ3n) is 2.41. The van der Waals surface area contributed by atoms with Crippen molar-refractivity contribution >= 4 is 22.2 Å². The summed E-state index contributed by atoms with van der Waals surface area (Å²) in [5.74, 6) is 0.532. The van der Waals surface area contributed by atoms with Crippen LogP contribution in [0.15, 0.2) is 36.7 Å². The van der Waals surface area contributed by atoms with E-state index in [1.165, 1.54) is 0 Å². The summed E-state index contributed by atoms with van der Waals surface area (Å²) in [6, 6.07) is 10.9.